The van der Waals surface area contributed by atoms with Crippen LogP contribution >= 0.6 is 0 Å². The minimum absolute atomic E-state index is 0.164. The first-order valence-electron chi connectivity index (χ1n) is 7.06. The van der Waals surface area contributed by atoms with Crippen molar-refractivity contribution < 1.29 is 4.39 Å². The van der Waals surface area contributed by atoms with Crippen LogP contribution in [0.2, 0.25) is 0 Å². The molecule has 1 unspecified atom stereocenters. The molecule has 4 heteroatoms. The molecule has 1 saturated heterocycles. The lowest BCUT2D eigenvalue weighted by atomic mass is 10.1. The van der Waals surface area contributed by atoms with Gasteiger partial charge in [0, 0.05) is 24.8 Å². The van der Waals surface area contributed by atoms with Crippen LogP contribution in [-0.4, -0.2) is 51.2 Å². The van der Waals surface area contributed by atoms with Gasteiger partial charge in [-0.05, 0) is 64.3 Å². The van der Waals surface area contributed by atoms with Gasteiger partial charge in [-0.3, -0.25) is 0 Å². The molecule has 1 atom stereocenters. The molecule has 1 fully saturated rings. The Kier molecular flexibility index (Phi) is 5.16. The Bertz CT molecular complexity index is 379. The van der Waals surface area contributed by atoms with Crippen molar-refractivity contribution in [3.05, 3.63) is 30.1 Å². The average molecular weight is 265 g/mol. The number of hydrogen-bond acceptors (Lipinski definition) is 3. The topological polar surface area (TPSA) is 18.5 Å². The molecule has 0 aromatic heterocycles. The highest BCUT2D eigenvalue weighted by atomic mass is 19.1. The molecule has 3 nitrogen and oxygen atoms in total. The molecule has 1 aliphatic rings. The molecule has 106 valence electrons. The predicted octanol–water partition coefficient (Wildman–Crippen LogP) is 1.95. The van der Waals surface area contributed by atoms with E-state index in [0.717, 1.165) is 44.7 Å². The van der Waals surface area contributed by atoms with Crippen LogP contribution in [0.25, 0.3) is 0 Å². The van der Waals surface area contributed by atoms with Crippen LogP contribution < -0.4 is 10.2 Å². The van der Waals surface area contributed by atoms with Crippen molar-refractivity contribution in [3.8, 4) is 0 Å². The summed E-state index contributed by atoms with van der Waals surface area (Å²) in [6, 6.07) is 7.42. The fourth-order valence-corrected chi connectivity index (χ4v) is 2.69. The molecule has 0 aliphatic carbocycles. The number of likely N-dealkylation sites (N-methyl/N-ethyl adjacent to an activating group) is 1. The predicted molar refractivity (Wildman–Crippen MR) is 78.2 cm³/mol. The number of halogens is 1. The average Bonchev–Trinajstić information content (AvgIpc) is 2.59. The van der Waals surface area contributed by atoms with Gasteiger partial charge in [0.2, 0.25) is 0 Å². The smallest absolute Gasteiger partial charge is 0.123 e. The molecule has 1 heterocycles. The van der Waals surface area contributed by atoms with Crippen molar-refractivity contribution in [1.29, 1.82) is 0 Å². The summed E-state index contributed by atoms with van der Waals surface area (Å²) in [5.74, 6) is -0.164. The Labute approximate surface area is 115 Å². The van der Waals surface area contributed by atoms with Crippen molar-refractivity contribution >= 4 is 5.69 Å². The van der Waals surface area contributed by atoms with Crippen LogP contribution in [0.4, 0.5) is 10.1 Å². The lowest BCUT2D eigenvalue weighted by Gasteiger charge is -2.30. The SMILES string of the molecule is CNCCC1CN(c2ccc(F)cc2)CCCN1C. The van der Waals surface area contributed by atoms with Gasteiger partial charge in [-0.2, -0.15) is 0 Å². The molecular formula is C15H24FN3. The standard InChI is InChI=1S/C15H24FN3/c1-17-9-8-15-12-19(11-3-10-18(15)2)14-6-4-13(16)5-7-14/h4-7,15,17H,3,8-12H2,1-2H3. The van der Waals surface area contributed by atoms with Gasteiger partial charge in [0.15, 0.2) is 0 Å². The first-order valence-corrected chi connectivity index (χ1v) is 7.06. The van der Waals surface area contributed by atoms with Crippen molar-refractivity contribution in [3.63, 3.8) is 0 Å². The third kappa shape index (κ3) is 3.91. The van der Waals surface area contributed by atoms with Gasteiger partial charge in [0.05, 0.1) is 0 Å². The monoisotopic (exact) mass is 265 g/mol. The third-order valence-electron chi connectivity index (χ3n) is 3.91. The van der Waals surface area contributed by atoms with E-state index in [-0.39, 0.29) is 5.82 Å². The third-order valence-corrected chi connectivity index (χ3v) is 3.91. The van der Waals surface area contributed by atoms with Crippen LogP contribution in [0.3, 0.4) is 0 Å². The maximum absolute atomic E-state index is 13.0. The van der Waals surface area contributed by atoms with Gasteiger partial charge in [-0.1, -0.05) is 0 Å². The maximum atomic E-state index is 13.0. The van der Waals surface area contributed by atoms with Gasteiger partial charge < -0.3 is 15.1 Å². The molecule has 0 saturated carbocycles. The zero-order valence-electron chi connectivity index (χ0n) is 11.9. The molecule has 1 N–H and O–H groups in total. The van der Waals surface area contributed by atoms with Crippen LogP contribution in [0.15, 0.2) is 24.3 Å². The van der Waals surface area contributed by atoms with E-state index in [9.17, 15) is 4.39 Å². The van der Waals surface area contributed by atoms with Crippen LogP contribution in [0.5, 0.6) is 0 Å². The highest BCUT2D eigenvalue weighted by molar-refractivity contribution is 5.46. The lowest BCUT2D eigenvalue weighted by Crippen LogP contribution is -2.40. The molecule has 19 heavy (non-hydrogen) atoms. The van der Waals surface area contributed by atoms with Crippen molar-refractivity contribution in [1.82, 2.24) is 10.2 Å². The van der Waals surface area contributed by atoms with Crippen LogP contribution in [0, 0.1) is 5.82 Å². The normalized spacial score (nSPS) is 21.4. The highest BCUT2D eigenvalue weighted by Gasteiger charge is 2.22. The number of anilines is 1. The fraction of sp³-hybridized carbons (Fsp3) is 0.600. The van der Waals surface area contributed by atoms with Gasteiger partial charge in [-0.25, -0.2) is 4.39 Å². The first kappa shape index (κ1) is 14.3. The molecule has 1 aromatic rings. The Morgan fingerprint density at radius 2 is 2.00 bits per heavy atom. The van der Waals surface area contributed by atoms with Gasteiger partial charge >= 0.3 is 0 Å². The summed E-state index contributed by atoms with van der Waals surface area (Å²) in [5.41, 5.74) is 1.13. The fourth-order valence-electron chi connectivity index (χ4n) is 2.69. The molecule has 1 aromatic carbocycles. The van der Waals surface area contributed by atoms with E-state index in [1.807, 2.05) is 19.2 Å². The minimum Gasteiger partial charge on any atom is -0.370 e. The Hall–Kier alpha value is -1.13. The number of benzene rings is 1. The second-order valence-corrected chi connectivity index (χ2v) is 5.30. The van der Waals surface area contributed by atoms with E-state index >= 15 is 0 Å². The Morgan fingerprint density at radius 1 is 1.26 bits per heavy atom. The molecule has 0 bridgehead atoms. The molecule has 2 rings (SSSR count). The molecule has 0 radical (unpaired) electrons. The summed E-state index contributed by atoms with van der Waals surface area (Å²) in [4.78, 5) is 4.82. The summed E-state index contributed by atoms with van der Waals surface area (Å²) in [7, 11) is 4.20. The van der Waals surface area contributed by atoms with E-state index < -0.39 is 0 Å². The van der Waals surface area contributed by atoms with Crippen molar-refractivity contribution in [2.75, 3.05) is 45.2 Å². The second-order valence-electron chi connectivity index (χ2n) is 5.30. The molecule has 1 aliphatic heterocycles. The Balaban J connectivity index is 2.05. The van der Waals surface area contributed by atoms with E-state index in [1.54, 1.807) is 12.1 Å². The van der Waals surface area contributed by atoms with E-state index in [1.165, 1.54) is 0 Å². The zero-order valence-corrected chi connectivity index (χ0v) is 11.9. The molecule has 0 spiro atoms. The maximum Gasteiger partial charge on any atom is 0.123 e. The molecular weight excluding hydrogens is 241 g/mol. The zero-order chi connectivity index (χ0) is 13.7. The summed E-state index contributed by atoms with van der Waals surface area (Å²) in [6.07, 6.45) is 2.30. The second kappa shape index (κ2) is 6.87. The van der Waals surface area contributed by atoms with Crippen molar-refractivity contribution in [2.45, 2.75) is 18.9 Å². The first-order chi connectivity index (χ1) is 9.20. The van der Waals surface area contributed by atoms with Gasteiger partial charge in [0.1, 0.15) is 5.82 Å². The van der Waals surface area contributed by atoms with Gasteiger partial charge in [0.25, 0.3) is 0 Å². The van der Waals surface area contributed by atoms with E-state index in [2.05, 4.69) is 22.2 Å². The molecule has 0 amide bonds. The summed E-state index contributed by atoms with van der Waals surface area (Å²) < 4.78 is 13.0. The summed E-state index contributed by atoms with van der Waals surface area (Å²) >= 11 is 0. The number of nitrogens with one attached hydrogen (secondary N) is 1. The quantitative estimate of drug-likeness (QED) is 0.897. The van der Waals surface area contributed by atoms with Crippen molar-refractivity contribution in [2.24, 2.45) is 0 Å². The summed E-state index contributed by atoms with van der Waals surface area (Å²) in [5, 5.41) is 3.22. The Morgan fingerprint density at radius 3 is 2.68 bits per heavy atom. The number of nitrogens with zero attached hydrogens (tertiary/aromatic N) is 2. The van der Waals surface area contributed by atoms with E-state index in [0.29, 0.717) is 6.04 Å². The highest BCUT2D eigenvalue weighted by Crippen LogP contribution is 2.19. The number of rotatable bonds is 4. The van der Waals surface area contributed by atoms with Crippen LogP contribution in [0.1, 0.15) is 12.8 Å². The van der Waals surface area contributed by atoms with Crippen LogP contribution in [-0.2, 0) is 0 Å². The number of hydrogen-bond donors (Lipinski definition) is 1. The minimum atomic E-state index is -0.164. The lowest BCUT2D eigenvalue weighted by molar-refractivity contribution is 0.248. The summed E-state index contributed by atoms with van der Waals surface area (Å²) in [6.45, 7) is 4.23. The largest absolute Gasteiger partial charge is 0.370 e. The van der Waals surface area contributed by atoms with Gasteiger partial charge in [-0.15, -0.1) is 0 Å². The van der Waals surface area contributed by atoms with E-state index in [4.69, 9.17) is 0 Å².